The number of allylic oxidation sites excluding steroid dienone is 1. The van der Waals surface area contributed by atoms with Crippen LogP contribution in [0.25, 0.3) is 0 Å². The number of benzene rings is 4. The highest BCUT2D eigenvalue weighted by Crippen LogP contribution is 2.45. The molecule has 0 saturated heterocycles. The third-order valence-corrected chi connectivity index (χ3v) is 6.78. The molecule has 9 nitrogen and oxygen atoms in total. The van der Waals surface area contributed by atoms with E-state index in [1.807, 2.05) is 6.92 Å². The second kappa shape index (κ2) is 13.5. The van der Waals surface area contributed by atoms with Crippen molar-refractivity contribution in [3.63, 3.8) is 0 Å². The molecule has 1 aliphatic heterocycles. The number of ether oxygens (including phenoxy) is 6. The lowest BCUT2D eigenvalue weighted by Gasteiger charge is -2.27. The monoisotopic (exact) mass is 596 g/mol. The molecule has 4 aromatic carbocycles. The van der Waals surface area contributed by atoms with Gasteiger partial charge < -0.3 is 34.2 Å². The van der Waals surface area contributed by atoms with Crippen LogP contribution < -0.4 is 34.2 Å². The van der Waals surface area contributed by atoms with Gasteiger partial charge in [-0.2, -0.15) is 5.26 Å². The molecule has 0 bridgehead atoms. The van der Waals surface area contributed by atoms with Gasteiger partial charge in [-0.05, 0) is 48.9 Å². The van der Waals surface area contributed by atoms with Crippen LogP contribution in [0.3, 0.4) is 0 Å². The van der Waals surface area contributed by atoms with Gasteiger partial charge in [-0.25, -0.2) is 9.18 Å². The van der Waals surface area contributed by atoms with Crippen molar-refractivity contribution in [1.29, 1.82) is 5.26 Å². The number of fused-ring (bicyclic) bond motifs is 1. The number of hydrogen-bond donors (Lipinski definition) is 1. The summed E-state index contributed by atoms with van der Waals surface area (Å²) >= 11 is 0. The summed E-state index contributed by atoms with van der Waals surface area (Å²) in [6.45, 7) is 1.84. The highest BCUT2D eigenvalue weighted by molar-refractivity contribution is 5.74. The number of para-hydroxylation sites is 2. The van der Waals surface area contributed by atoms with E-state index >= 15 is 0 Å². The fourth-order valence-electron chi connectivity index (χ4n) is 4.74. The predicted octanol–water partition coefficient (Wildman–Crippen LogP) is 6.01. The third-order valence-electron chi connectivity index (χ3n) is 6.78. The average molecular weight is 597 g/mol. The van der Waals surface area contributed by atoms with Crippen molar-refractivity contribution < 1.29 is 37.6 Å². The van der Waals surface area contributed by atoms with Crippen LogP contribution in [0.1, 0.15) is 29.5 Å². The molecule has 2 N–H and O–H groups in total. The van der Waals surface area contributed by atoms with E-state index in [1.165, 1.54) is 19.2 Å². The summed E-state index contributed by atoms with van der Waals surface area (Å²) in [6, 6.07) is 25.6. The van der Waals surface area contributed by atoms with Gasteiger partial charge >= 0.3 is 5.97 Å². The second-order valence-electron chi connectivity index (χ2n) is 9.56. The molecule has 224 valence electrons. The number of nitrogens with two attached hydrogens (primary N) is 1. The molecule has 4 aromatic rings. The van der Waals surface area contributed by atoms with Gasteiger partial charge in [-0.1, -0.05) is 42.5 Å². The molecule has 0 aromatic heterocycles. The van der Waals surface area contributed by atoms with Crippen molar-refractivity contribution in [1.82, 2.24) is 0 Å². The topological polar surface area (TPSA) is 122 Å². The highest BCUT2D eigenvalue weighted by Gasteiger charge is 2.32. The van der Waals surface area contributed by atoms with Crippen LogP contribution in [-0.2, 0) is 11.4 Å². The molecule has 0 aliphatic carbocycles. The lowest BCUT2D eigenvalue weighted by Crippen LogP contribution is -2.22. The molecule has 1 heterocycles. The molecule has 1 atom stereocenters. The smallest absolute Gasteiger partial charge is 0.349 e. The van der Waals surface area contributed by atoms with Crippen LogP contribution in [0, 0.1) is 17.1 Å². The first-order valence-electron chi connectivity index (χ1n) is 13.7. The van der Waals surface area contributed by atoms with Gasteiger partial charge in [0.25, 0.3) is 0 Å². The number of nitriles is 1. The van der Waals surface area contributed by atoms with Crippen molar-refractivity contribution in [2.75, 3.05) is 20.3 Å². The molecule has 44 heavy (non-hydrogen) atoms. The first kappa shape index (κ1) is 29.8. The summed E-state index contributed by atoms with van der Waals surface area (Å²) in [7, 11) is 1.51. The summed E-state index contributed by atoms with van der Waals surface area (Å²) in [5, 5.41) is 9.99. The molecule has 10 heteroatoms. The second-order valence-corrected chi connectivity index (χ2v) is 9.56. The number of carbonyl (C=O) groups excluding carboxylic acids is 1. The highest BCUT2D eigenvalue weighted by atomic mass is 19.1. The normalized spacial score (nSPS) is 13.6. The number of rotatable bonds is 11. The number of halogens is 1. The Morgan fingerprint density at radius 2 is 1.68 bits per heavy atom. The number of methoxy groups -OCH3 is 1. The van der Waals surface area contributed by atoms with Crippen LogP contribution in [0.4, 0.5) is 4.39 Å². The molecular weight excluding hydrogens is 567 g/mol. The Labute approximate surface area is 253 Å². The first-order chi connectivity index (χ1) is 21.4. The van der Waals surface area contributed by atoms with Gasteiger partial charge in [-0.3, -0.25) is 0 Å². The number of hydrogen-bond acceptors (Lipinski definition) is 9. The molecule has 0 amide bonds. The Morgan fingerprint density at radius 3 is 2.43 bits per heavy atom. The predicted molar refractivity (Wildman–Crippen MR) is 158 cm³/mol. The SMILES string of the molecule is CCOc1cc(C2C(C#N)=C(N)Oc3cc(OC(=O)COc4ccccc4OC)ccc32)ccc1OCc1ccccc1F. The summed E-state index contributed by atoms with van der Waals surface area (Å²) in [5.74, 6) is 0.558. The molecule has 0 radical (unpaired) electrons. The maximum Gasteiger partial charge on any atom is 0.349 e. The van der Waals surface area contributed by atoms with Crippen LogP contribution in [0.5, 0.6) is 34.5 Å². The van der Waals surface area contributed by atoms with Crippen LogP contribution in [-0.4, -0.2) is 26.3 Å². The Morgan fingerprint density at radius 1 is 0.932 bits per heavy atom. The average Bonchev–Trinajstić information content (AvgIpc) is 3.03. The molecule has 0 saturated carbocycles. The number of carbonyl (C=O) groups is 1. The van der Waals surface area contributed by atoms with Crippen molar-refractivity contribution in [3.8, 4) is 40.6 Å². The maximum absolute atomic E-state index is 14.1. The zero-order valence-electron chi connectivity index (χ0n) is 24.0. The quantitative estimate of drug-likeness (QED) is 0.164. The van der Waals surface area contributed by atoms with Gasteiger partial charge in [0, 0.05) is 17.2 Å². The minimum atomic E-state index is -0.642. The van der Waals surface area contributed by atoms with Crippen LogP contribution in [0.2, 0.25) is 0 Å². The first-order valence-corrected chi connectivity index (χ1v) is 13.7. The van der Waals surface area contributed by atoms with Gasteiger partial charge in [0.2, 0.25) is 5.88 Å². The van der Waals surface area contributed by atoms with E-state index in [0.29, 0.717) is 52.0 Å². The van der Waals surface area contributed by atoms with E-state index in [0.717, 1.165) is 0 Å². The molecule has 1 unspecified atom stereocenters. The lowest BCUT2D eigenvalue weighted by molar-refractivity contribution is -0.136. The Kier molecular flexibility index (Phi) is 9.16. The van der Waals surface area contributed by atoms with Crippen LogP contribution >= 0.6 is 0 Å². The van der Waals surface area contributed by atoms with E-state index in [9.17, 15) is 14.4 Å². The largest absolute Gasteiger partial charge is 0.493 e. The molecule has 0 spiro atoms. The third kappa shape index (κ3) is 6.52. The molecule has 5 rings (SSSR count). The lowest BCUT2D eigenvalue weighted by atomic mass is 9.83. The Bertz CT molecular complexity index is 1750. The van der Waals surface area contributed by atoms with Crippen molar-refractivity contribution in [2.45, 2.75) is 19.4 Å². The molecular formula is C34H29FN2O7. The van der Waals surface area contributed by atoms with E-state index in [2.05, 4.69) is 6.07 Å². The fraction of sp³-hybridized carbons (Fsp3) is 0.176. The maximum atomic E-state index is 14.1. The van der Waals surface area contributed by atoms with Gasteiger partial charge in [-0.15, -0.1) is 0 Å². The Hall–Kier alpha value is -5.69. The van der Waals surface area contributed by atoms with E-state index in [-0.39, 0.29) is 36.2 Å². The van der Waals surface area contributed by atoms with E-state index in [4.69, 9.17) is 34.2 Å². The standard InChI is InChI=1S/C34H29FN2O7/c1-3-40-31-16-21(12-15-29(31)41-19-22-8-4-5-9-26(22)35)33-24-14-13-23(17-30(24)44-34(37)25(33)18-36)43-32(38)20-42-28-11-7-6-10-27(28)39-2/h4-17,33H,3,19-20,37H2,1-2H3. The van der Waals surface area contributed by atoms with Gasteiger partial charge in [0.1, 0.15) is 35.6 Å². The molecule has 0 fully saturated rings. The minimum Gasteiger partial charge on any atom is -0.493 e. The zero-order chi connectivity index (χ0) is 31.1. The number of nitrogens with zero attached hydrogens (tertiary/aromatic N) is 1. The van der Waals surface area contributed by atoms with Crippen LogP contribution in [0.15, 0.2) is 96.4 Å². The van der Waals surface area contributed by atoms with Crippen molar-refractivity contribution in [2.24, 2.45) is 5.73 Å². The van der Waals surface area contributed by atoms with Crippen molar-refractivity contribution >= 4 is 5.97 Å². The minimum absolute atomic E-state index is 0.00786. The summed E-state index contributed by atoms with van der Waals surface area (Å²) < 4.78 is 47.9. The summed E-state index contributed by atoms with van der Waals surface area (Å²) in [4.78, 5) is 12.5. The van der Waals surface area contributed by atoms with Crippen molar-refractivity contribution in [3.05, 3.63) is 119 Å². The summed E-state index contributed by atoms with van der Waals surface area (Å²) in [6.07, 6.45) is 0. The fourth-order valence-corrected chi connectivity index (χ4v) is 4.74. The van der Waals surface area contributed by atoms with E-state index in [1.54, 1.807) is 72.8 Å². The summed E-state index contributed by atoms with van der Waals surface area (Å²) in [5.41, 5.74) is 8.10. The van der Waals surface area contributed by atoms with Gasteiger partial charge in [0.05, 0.1) is 19.6 Å². The molecule has 1 aliphatic rings. The number of esters is 1. The zero-order valence-corrected chi connectivity index (χ0v) is 24.0. The van der Waals surface area contributed by atoms with E-state index < -0.39 is 11.9 Å². The van der Waals surface area contributed by atoms with Gasteiger partial charge in [0.15, 0.2) is 29.6 Å². The Balaban J connectivity index is 1.37.